The Balaban J connectivity index is 1.75. The SMILES string of the molecule is CCNC(=NCC(C)Oc1ccc(F)cc1)NCCC(=O)N1CCCC1. The minimum absolute atomic E-state index is 0.151. The summed E-state index contributed by atoms with van der Waals surface area (Å²) in [6.07, 6.45) is 2.53. The second-order valence-electron chi connectivity index (χ2n) is 6.37. The number of hydrogen-bond acceptors (Lipinski definition) is 3. The van der Waals surface area contributed by atoms with Crippen molar-refractivity contribution in [3.8, 4) is 5.75 Å². The highest BCUT2D eigenvalue weighted by Crippen LogP contribution is 2.13. The van der Waals surface area contributed by atoms with Crippen molar-refractivity contribution in [2.75, 3.05) is 32.7 Å². The van der Waals surface area contributed by atoms with Crippen LogP contribution >= 0.6 is 0 Å². The van der Waals surface area contributed by atoms with Crippen LogP contribution in [-0.2, 0) is 4.79 Å². The van der Waals surface area contributed by atoms with Crippen molar-refractivity contribution in [2.24, 2.45) is 4.99 Å². The van der Waals surface area contributed by atoms with E-state index >= 15 is 0 Å². The Morgan fingerprint density at radius 3 is 2.62 bits per heavy atom. The minimum Gasteiger partial charge on any atom is -0.489 e. The highest BCUT2D eigenvalue weighted by Gasteiger charge is 2.17. The van der Waals surface area contributed by atoms with Crippen LogP contribution in [0.15, 0.2) is 29.3 Å². The topological polar surface area (TPSA) is 66.0 Å². The first-order chi connectivity index (χ1) is 12.6. The van der Waals surface area contributed by atoms with Gasteiger partial charge in [0.1, 0.15) is 17.7 Å². The zero-order valence-electron chi connectivity index (χ0n) is 15.6. The number of carbonyl (C=O) groups excluding carboxylic acids is 1. The maximum Gasteiger partial charge on any atom is 0.224 e. The summed E-state index contributed by atoms with van der Waals surface area (Å²) in [5.41, 5.74) is 0. The van der Waals surface area contributed by atoms with Crippen LogP contribution in [0.3, 0.4) is 0 Å². The van der Waals surface area contributed by atoms with E-state index in [1.54, 1.807) is 12.1 Å². The van der Waals surface area contributed by atoms with Crippen molar-refractivity contribution in [3.63, 3.8) is 0 Å². The molecule has 1 saturated heterocycles. The summed E-state index contributed by atoms with van der Waals surface area (Å²) in [4.78, 5) is 18.5. The van der Waals surface area contributed by atoms with E-state index in [1.165, 1.54) is 12.1 Å². The molecule has 7 heteroatoms. The van der Waals surface area contributed by atoms with Crippen molar-refractivity contribution in [1.29, 1.82) is 0 Å². The van der Waals surface area contributed by atoms with Crippen LogP contribution < -0.4 is 15.4 Å². The van der Waals surface area contributed by atoms with Crippen molar-refractivity contribution in [2.45, 2.75) is 39.2 Å². The number of nitrogens with one attached hydrogen (secondary N) is 2. The normalized spacial score (nSPS) is 15.7. The summed E-state index contributed by atoms with van der Waals surface area (Å²) in [5.74, 6) is 1.18. The van der Waals surface area contributed by atoms with E-state index in [4.69, 9.17) is 4.74 Å². The fraction of sp³-hybridized carbons (Fsp3) is 0.579. The Kier molecular flexibility index (Phi) is 8.18. The van der Waals surface area contributed by atoms with Crippen molar-refractivity contribution >= 4 is 11.9 Å². The molecule has 6 nitrogen and oxygen atoms in total. The molecule has 1 atom stereocenters. The molecule has 1 unspecified atom stereocenters. The van der Waals surface area contributed by atoms with Gasteiger partial charge in [0.25, 0.3) is 0 Å². The number of benzene rings is 1. The summed E-state index contributed by atoms with van der Waals surface area (Å²) in [5, 5.41) is 6.35. The quantitative estimate of drug-likeness (QED) is 0.548. The molecule has 0 saturated carbocycles. The molecule has 0 bridgehead atoms. The lowest BCUT2D eigenvalue weighted by atomic mass is 10.3. The summed E-state index contributed by atoms with van der Waals surface area (Å²) >= 11 is 0. The van der Waals surface area contributed by atoms with Crippen LogP contribution in [0.1, 0.15) is 33.1 Å². The third-order valence-corrected chi connectivity index (χ3v) is 4.09. The van der Waals surface area contributed by atoms with E-state index in [2.05, 4.69) is 15.6 Å². The van der Waals surface area contributed by atoms with Crippen LogP contribution in [-0.4, -0.2) is 55.6 Å². The fourth-order valence-corrected chi connectivity index (χ4v) is 2.76. The average Bonchev–Trinajstić information content (AvgIpc) is 3.16. The van der Waals surface area contributed by atoms with Gasteiger partial charge in [0.15, 0.2) is 5.96 Å². The number of nitrogens with zero attached hydrogens (tertiary/aromatic N) is 2. The summed E-state index contributed by atoms with van der Waals surface area (Å²) < 4.78 is 18.6. The number of halogens is 1. The van der Waals surface area contributed by atoms with E-state index in [0.29, 0.717) is 31.2 Å². The number of guanidine groups is 1. The number of rotatable bonds is 8. The Labute approximate surface area is 154 Å². The third kappa shape index (κ3) is 6.90. The molecule has 0 aromatic heterocycles. The van der Waals surface area contributed by atoms with Gasteiger partial charge in [-0.1, -0.05) is 0 Å². The maximum atomic E-state index is 12.9. The third-order valence-electron chi connectivity index (χ3n) is 4.09. The van der Waals surface area contributed by atoms with E-state index in [0.717, 1.165) is 32.5 Å². The Morgan fingerprint density at radius 2 is 1.96 bits per heavy atom. The van der Waals surface area contributed by atoms with Crippen LogP contribution in [0.5, 0.6) is 5.75 Å². The predicted octanol–water partition coefficient (Wildman–Crippen LogP) is 2.16. The molecule has 1 amide bonds. The Morgan fingerprint density at radius 1 is 1.27 bits per heavy atom. The van der Waals surface area contributed by atoms with Gasteiger partial charge in [0.2, 0.25) is 5.91 Å². The molecule has 26 heavy (non-hydrogen) atoms. The van der Waals surface area contributed by atoms with Gasteiger partial charge in [-0.3, -0.25) is 4.79 Å². The average molecular weight is 364 g/mol. The lowest BCUT2D eigenvalue weighted by molar-refractivity contribution is -0.129. The highest BCUT2D eigenvalue weighted by molar-refractivity contribution is 5.81. The molecule has 1 aromatic rings. The van der Waals surface area contributed by atoms with Gasteiger partial charge in [-0.25, -0.2) is 9.38 Å². The van der Waals surface area contributed by atoms with Gasteiger partial charge in [0.05, 0.1) is 6.54 Å². The fourth-order valence-electron chi connectivity index (χ4n) is 2.76. The number of carbonyl (C=O) groups is 1. The number of amides is 1. The summed E-state index contributed by atoms with van der Waals surface area (Å²) in [6.45, 7) is 7.40. The second kappa shape index (κ2) is 10.6. The first-order valence-corrected chi connectivity index (χ1v) is 9.30. The highest BCUT2D eigenvalue weighted by atomic mass is 19.1. The molecule has 144 valence electrons. The predicted molar refractivity (Wildman–Crippen MR) is 101 cm³/mol. The van der Waals surface area contributed by atoms with Gasteiger partial charge in [0, 0.05) is 32.6 Å². The summed E-state index contributed by atoms with van der Waals surface area (Å²) in [7, 11) is 0. The zero-order valence-corrected chi connectivity index (χ0v) is 15.6. The molecule has 0 radical (unpaired) electrons. The van der Waals surface area contributed by atoms with Crippen molar-refractivity contribution < 1.29 is 13.9 Å². The van der Waals surface area contributed by atoms with Crippen LogP contribution in [0.2, 0.25) is 0 Å². The van der Waals surface area contributed by atoms with Crippen LogP contribution in [0.25, 0.3) is 0 Å². The Bertz CT molecular complexity index is 586. The number of aliphatic imine (C=N–C) groups is 1. The first-order valence-electron chi connectivity index (χ1n) is 9.30. The van der Waals surface area contributed by atoms with E-state index in [1.807, 2.05) is 18.7 Å². The van der Waals surface area contributed by atoms with Gasteiger partial charge in [-0.05, 0) is 51.0 Å². The smallest absolute Gasteiger partial charge is 0.224 e. The van der Waals surface area contributed by atoms with E-state index in [9.17, 15) is 9.18 Å². The molecule has 1 aromatic carbocycles. The number of hydrogen-bond donors (Lipinski definition) is 2. The van der Waals surface area contributed by atoms with Gasteiger partial charge < -0.3 is 20.3 Å². The standard InChI is InChI=1S/C19H29FN4O2/c1-3-21-19(22-11-10-18(25)24-12-4-5-13-24)23-14-15(2)26-17-8-6-16(20)7-9-17/h6-9,15H,3-5,10-14H2,1-2H3,(H2,21,22,23). The molecule has 1 heterocycles. The molecule has 1 aliphatic rings. The second-order valence-corrected chi connectivity index (χ2v) is 6.37. The minimum atomic E-state index is -0.287. The first kappa shape index (κ1) is 20.0. The molecule has 1 fully saturated rings. The van der Waals surface area contributed by atoms with E-state index < -0.39 is 0 Å². The molecule has 1 aliphatic heterocycles. The maximum absolute atomic E-state index is 12.9. The molecular weight excluding hydrogens is 335 g/mol. The summed E-state index contributed by atoms with van der Waals surface area (Å²) in [6, 6.07) is 5.94. The molecule has 0 spiro atoms. The molecule has 0 aliphatic carbocycles. The van der Waals surface area contributed by atoms with E-state index in [-0.39, 0.29) is 17.8 Å². The largest absolute Gasteiger partial charge is 0.489 e. The van der Waals surface area contributed by atoms with Crippen LogP contribution in [0, 0.1) is 5.82 Å². The van der Waals surface area contributed by atoms with Gasteiger partial charge in [-0.15, -0.1) is 0 Å². The van der Waals surface area contributed by atoms with Crippen LogP contribution in [0.4, 0.5) is 4.39 Å². The number of likely N-dealkylation sites (tertiary alicyclic amines) is 1. The van der Waals surface area contributed by atoms with Crippen molar-refractivity contribution in [3.05, 3.63) is 30.1 Å². The molecule has 2 N–H and O–H groups in total. The van der Waals surface area contributed by atoms with Gasteiger partial charge >= 0.3 is 0 Å². The van der Waals surface area contributed by atoms with Gasteiger partial charge in [-0.2, -0.15) is 0 Å². The molecular formula is C19H29FN4O2. The Hall–Kier alpha value is -2.31. The van der Waals surface area contributed by atoms with Crippen molar-refractivity contribution in [1.82, 2.24) is 15.5 Å². The number of ether oxygens (including phenoxy) is 1. The zero-order chi connectivity index (χ0) is 18.8. The monoisotopic (exact) mass is 364 g/mol. The molecule has 2 rings (SSSR count). The lowest BCUT2D eigenvalue weighted by Gasteiger charge is -2.17. The lowest BCUT2D eigenvalue weighted by Crippen LogP contribution is -2.40.